The lowest BCUT2D eigenvalue weighted by Gasteiger charge is -2.42. The van der Waals surface area contributed by atoms with Crippen LogP contribution < -0.4 is 0 Å². The van der Waals surface area contributed by atoms with Crippen molar-refractivity contribution in [3.05, 3.63) is 112 Å². The highest BCUT2D eigenvalue weighted by atomic mass is 16.3. The van der Waals surface area contributed by atoms with Crippen LogP contribution >= 0.6 is 0 Å². The molecule has 4 unspecified atom stereocenters. The van der Waals surface area contributed by atoms with E-state index >= 15 is 0 Å². The molecule has 4 atom stereocenters. The van der Waals surface area contributed by atoms with Gasteiger partial charge in [-0.15, -0.1) is 0 Å². The molecule has 46 heavy (non-hydrogen) atoms. The summed E-state index contributed by atoms with van der Waals surface area (Å²) in [4.78, 5) is 59.7. The third-order valence-electron chi connectivity index (χ3n) is 11.0. The number of rotatable bonds is 4. The van der Waals surface area contributed by atoms with Crippen LogP contribution in [-0.4, -0.2) is 57.4 Å². The molecule has 2 heterocycles. The monoisotopic (exact) mass is 612 g/mol. The van der Waals surface area contributed by atoms with Crippen LogP contribution in [0.4, 0.5) is 0 Å². The molecule has 0 saturated carbocycles. The van der Waals surface area contributed by atoms with Gasteiger partial charge < -0.3 is 5.11 Å². The molecule has 0 bridgehead atoms. The van der Waals surface area contributed by atoms with Gasteiger partial charge in [-0.05, 0) is 67.0 Å². The number of benzene rings is 3. The molecule has 1 N–H and O–H groups in total. The molecule has 0 radical (unpaired) electrons. The number of aromatic hydroxyl groups is 1. The summed E-state index contributed by atoms with van der Waals surface area (Å²) in [5.74, 6) is -2.83. The molecule has 7 heteroatoms. The zero-order valence-corrected chi connectivity index (χ0v) is 25.8. The number of likely N-dealkylation sites (tertiary alicyclic amines) is 2. The number of amides is 2. The van der Waals surface area contributed by atoms with Crippen molar-refractivity contribution in [3.63, 3.8) is 0 Å². The Bertz CT molecular complexity index is 1910. The fraction of sp³-hybridized carbons (Fsp3) is 0.333. The minimum absolute atomic E-state index is 0.0457. The number of ketones is 2. The number of nitrogens with zero attached hydrogens (tertiary/aromatic N) is 2. The Hall–Kier alpha value is -4.62. The van der Waals surface area contributed by atoms with E-state index in [1.165, 1.54) is 11.6 Å². The van der Waals surface area contributed by atoms with Crippen LogP contribution in [0.2, 0.25) is 0 Å². The molecule has 2 saturated heterocycles. The number of carbonyl (C=O) groups is 4. The average molecular weight is 613 g/mol. The number of Topliss-reactive ketones (excluding diaryl/α,β-unsaturated/α-hetero) is 1. The predicted molar refractivity (Wildman–Crippen MR) is 174 cm³/mol. The Labute approximate surface area is 267 Å². The van der Waals surface area contributed by atoms with Crippen molar-refractivity contribution in [2.24, 2.45) is 17.8 Å². The second kappa shape index (κ2) is 11.0. The van der Waals surface area contributed by atoms with Crippen molar-refractivity contribution >= 4 is 34.2 Å². The van der Waals surface area contributed by atoms with Crippen molar-refractivity contribution in [1.82, 2.24) is 9.80 Å². The summed E-state index contributed by atoms with van der Waals surface area (Å²) in [6.07, 6.45) is 5.52. The van der Waals surface area contributed by atoms with Gasteiger partial charge in [-0.3, -0.25) is 29.0 Å². The summed E-state index contributed by atoms with van der Waals surface area (Å²) < 4.78 is 0. The quantitative estimate of drug-likeness (QED) is 0.233. The van der Waals surface area contributed by atoms with Gasteiger partial charge in [0.1, 0.15) is 5.75 Å². The first-order chi connectivity index (χ1) is 22.3. The Balaban J connectivity index is 1.14. The van der Waals surface area contributed by atoms with Crippen LogP contribution in [-0.2, 0) is 25.7 Å². The van der Waals surface area contributed by atoms with Gasteiger partial charge in [0.25, 0.3) is 0 Å². The maximum Gasteiger partial charge on any atom is 0.233 e. The van der Waals surface area contributed by atoms with Crippen LogP contribution in [0, 0.1) is 17.8 Å². The van der Waals surface area contributed by atoms with Gasteiger partial charge in [0.2, 0.25) is 11.8 Å². The minimum Gasteiger partial charge on any atom is -0.508 e. The lowest BCUT2D eigenvalue weighted by Crippen LogP contribution is -2.47. The summed E-state index contributed by atoms with van der Waals surface area (Å²) in [7, 11) is 0. The second-order valence-electron chi connectivity index (χ2n) is 13.5. The fourth-order valence-corrected chi connectivity index (χ4v) is 8.84. The molecule has 5 aliphatic rings. The van der Waals surface area contributed by atoms with Crippen LogP contribution in [0.1, 0.15) is 49.7 Å². The topological polar surface area (TPSA) is 95.0 Å². The van der Waals surface area contributed by atoms with E-state index in [-0.39, 0.29) is 41.6 Å². The third-order valence-corrected chi connectivity index (χ3v) is 11.0. The van der Waals surface area contributed by atoms with E-state index in [4.69, 9.17) is 0 Å². The van der Waals surface area contributed by atoms with E-state index in [0.717, 1.165) is 48.8 Å². The molecule has 0 aromatic heterocycles. The van der Waals surface area contributed by atoms with E-state index in [1.54, 1.807) is 17.9 Å². The van der Waals surface area contributed by atoms with Gasteiger partial charge in [0, 0.05) is 53.9 Å². The number of imide groups is 1. The molecular formula is C39H36N2O5. The normalized spacial score (nSPS) is 27.0. The average Bonchev–Trinajstić information content (AvgIpc) is 3.33. The number of carbonyl (C=O) groups excluding carboxylic acids is 4. The lowest BCUT2D eigenvalue weighted by atomic mass is 9.59. The maximum absolute atomic E-state index is 14.4. The molecule has 2 aliphatic heterocycles. The van der Waals surface area contributed by atoms with E-state index in [2.05, 4.69) is 17.0 Å². The third kappa shape index (κ3) is 4.43. The lowest BCUT2D eigenvalue weighted by molar-refractivity contribution is -0.144. The van der Waals surface area contributed by atoms with Gasteiger partial charge >= 0.3 is 0 Å². The fourth-order valence-electron chi connectivity index (χ4n) is 8.84. The smallest absolute Gasteiger partial charge is 0.233 e. The standard InChI is InChI=1S/C39H36N2O5/c1-22-19-32(43)30-20-29-27(35(36(30)37(22)44)34-26-10-6-5-9-24(26)11-14-31(34)42)12-13-28-33(29)39(46)41(38(28)45)25-15-17-40(18-16-25)21-23-7-3-2-4-8-23/h2-12,14,19,25,28-29,33,35,42H,13,15-18,20-21H2,1H3. The molecular weight excluding hydrogens is 576 g/mol. The van der Waals surface area contributed by atoms with Crippen molar-refractivity contribution < 1.29 is 24.3 Å². The Morgan fingerprint density at radius 1 is 0.848 bits per heavy atom. The van der Waals surface area contributed by atoms with E-state index < -0.39 is 23.7 Å². The van der Waals surface area contributed by atoms with Crippen molar-refractivity contribution in [2.75, 3.05) is 13.1 Å². The first-order valence-corrected chi connectivity index (χ1v) is 16.4. The molecule has 7 nitrogen and oxygen atoms in total. The van der Waals surface area contributed by atoms with Gasteiger partial charge in [0.05, 0.1) is 11.8 Å². The molecule has 2 amide bonds. The number of phenolic OH excluding ortho intramolecular Hbond substituents is 1. The molecule has 3 aromatic rings. The van der Waals surface area contributed by atoms with Crippen molar-refractivity contribution in [3.8, 4) is 5.75 Å². The highest BCUT2D eigenvalue weighted by molar-refractivity contribution is 6.24. The van der Waals surface area contributed by atoms with Crippen molar-refractivity contribution in [1.29, 1.82) is 0 Å². The SMILES string of the molecule is CC1=CC(=O)C2=C(C1=O)C(c1c(O)ccc3ccccc13)C1=CCC3C(=O)N(C4CCN(Cc5ccccc5)CC4)C(=O)C3C1C2. The number of fused-ring (bicyclic) bond motifs is 4. The summed E-state index contributed by atoms with van der Waals surface area (Å²) in [6.45, 7) is 4.11. The van der Waals surface area contributed by atoms with Gasteiger partial charge in [-0.2, -0.15) is 0 Å². The Morgan fingerprint density at radius 3 is 2.37 bits per heavy atom. The summed E-state index contributed by atoms with van der Waals surface area (Å²) >= 11 is 0. The van der Waals surface area contributed by atoms with Crippen LogP contribution in [0.3, 0.4) is 0 Å². The number of hydrogen-bond donors (Lipinski definition) is 1. The van der Waals surface area contributed by atoms with E-state index in [0.29, 0.717) is 28.7 Å². The molecule has 2 fully saturated rings. The number of phenols is 1. The maximum atomic E-state index is 14.4. The Kier molecular flexibility index (Phi) is 6.91. The van der Waals surface area contributed by atoms with E-state index in [1.807, 2.05) is 54.6 Å². The molecule has 232 valence electrons. The molecule has 3 aromatic carbocycles. The first-order valence-electron chi connectivity index (χ1n) is 16.4. The minimum atomic E-state index is -0.681. The number of piperidine rings is 1. The van der Waals surface area contributed by atoms with Gasteiger partial charge in [0.15, 0.2) is 11.6 Å². The summed E-state index contributed by atoms with van der Waals surface area (Å²) in [5, 5.41) is 13.1. The van der Waals surface area contributed by atoms with Crippen molar-refractivity contribution in [2.45, 2.75) is 51.1 Å². The number of hydrogen-bond acceptors (Lipinski definition) is 6. The molecule has 8 rings (SSSR count). The van der Waals surface area contributed by atoms with Gasteiger partial charge in [-0.25, -0.2) is 0 Å². The Morgan fingerprint density at radius 2 is 1.59 bits per heavy atom. The predicted octanol–water partition coefficient (Wildman–Crippen LogP) is 5.64. The second-order valence-corrected chi connectivity index (χ2v) is 13.5. The molecule has 3 aliphatic carbocycles. The highest BCUT2D eigenvalue weighted by Crippen LogP contribution is 2.57. The van der Waals surface area contributed by atoms with Crippen LogP contribution in [0.5, 0.6) is 5.75 Å². The summed E-state index contributed by atoms with van der Waals surface area (Å²) in [6, 6.07) is 21.4. The molecule has 0 spiro atoms. The first kappa shape index (κ1) is 28.8. The summed E-state index contributed by atoms with van der Waals surface area (Å²) in [5.41, 5.74) is 3.87. The highest BCUT2D eigenvalue weighted by Gasteiger charge is 2.57. The number of allylic oxidation sites excluding steroid dienone is 6. The zero-order valence-electron chi connectivity index (χ0n) is 25.8. The van der Waals surface area contributed by atoms with Crippen LogP contribution in [0.25, 0.3) is 10.8 Å². The van der Waals surface area contributed by atoms with Gasteiger partial charge in [-0.1, -0.05) is 72.3 Å². The largest absolute Gasteiger partial charge is 0.508 e. The van der Waals surface area contributed by atoms with E-state index in [9.17, 15) is 24.3 Å². The zero-order chi connectivity index (χ0) is 31.7. The van der Waals surface area contributed by atoms with Crippen LogP contribution in [0.15, 0.2) is 101 Å².